The monoisotopic (exact) mass is 442 g/mol. The maximum atomic E-state index is 13.4. The molecule has 1 N–H and O–H groups in total. The van der Waals surface area contributed by atoms with Gasteiger partial charge in [-0.2, -0.15) is 0 Å². The van der Waals surface area contributed by atoms with Gasteiger partial charge in [0.25, 0.3) is 5.91 Å². The summed E-state index contributed by atoms with van der Waals surface area (Å²) in [6.07, 6.45) is 4.38. The predicted molar refractivity (Wildman–Crippen MR) is 115 cm³/mol. The second kappa shape index (κ2) is 7.53. The number of carbonyl (C=O) groups excluding carboxylic acids is 1. The minimum atomic E-state index is -3.53. The minimum Gasteiger partial charge on any atom is -0.486 e. The molecule has 164 valence electrons. The highest BCUT2D eigenvalue weighted by molar-refractivity contribution is 7.89. The first-order chi connectivity index (χ1) is 14.9. The summed E-state index contributed by atoms with van der Waals surface area (Å²) in [6, 6.07) is 10.3. The highest BCUT2D eigenvalue weighted by Crippen LogP contribution is 2.49. The number of fused-ring (bicyclic) bond motifs is 3. The second-order valence-electron chi connectivity index (χ2n) is 8.53. The average Bonchev–Trinajstić information content (AvgIpc) is 3.26. The molecule has 0 aromatic heterocycles. The molecule has 0 radical (unpaired) electrons. The van der Waals surface area contributed by atoms with Crippen molar-refractivity contribution in [2.24, 2.45) is 0 Å². The highest BCUT2D eigenvalue weighted by Gasteiger charge is 2.44. The first-order valence-corrected chi connectivity index (χ1v) is 12.2. The molecule has 1 saturated carbocycles. The lowest BCUT2D eigenvalue weighted by Crippen LogP contribution is -2.46. The Balaban J connectivity index is 1.48. The molecule has 31 heavy (non-hydrogen) atoms. The molecule has 1 amide bonds. The van der Waals surface area contributed by atoms with Gasteiger partial charge in [0.15, 0.2) is 11.5 Å². The van der Waals surface area contributed by atoms with Crippen LogP contribution in [0.1, 0.15) is 47.2 Å². The van der Waals surface area contributed by atoms with Crippen molar-refractivity contribution >= 4 is 15.9 Å². The number of sulfonamides is 1. The van der Waals surface area contributed by atoms with Crippen LogP contribution in [-0.2, 0) is 22.0 Å². The van der Waals surface area contributed by atoms with Gasteiger partial charge in [0.1, 0.15) is 13.2 Å². The van der Waals surface area contributed by atoms with E-state index in [4.69, 9.17) is 9.47 Å². The van der Waals surface area contributed by atoms with Crippen molar-refractivity contribution in [1.29, 1.82) is 0 Å². The Morgan fingerprint density at radius 3 is 2.32 bits per heavy atom. The first-order valence-electron chi connectivity index (χ1n) is 10.7. The third-order valence-corrected chi connectivity index (χ3v) is 8.15. The number of ether oxygens (including phenoxy) is 2. The molecule has 2 heterocycles. The normalized spacial score (nSPS) is 19.3. The molecule has 8 heteroatoms. The molecule has 0 saturated heterocycles. The van der Waals surface area contributed by atoms with E-state index < -0.39 is 10.0 Å². The molecule has 5 rings (SSSR count). The lowest BCUT2D eigenvalue weighted by molar-refractivity contribution is 0.0669. The molecule has 2 aliphatic heterocycles. The summed E-state index contributed by atoms with van der Waals surface area (Å²) < 4.78 is 37.9. The zero-order valence-corrected chi connectivity index (χ0v) is 18.3. The standard InChI is InChI=1S/C23H26N2O5S/c1-24-31(27,28)18-6-4-16(5-7-18)22(26)25-14-17-12-20-21(30-11-10-29-20)13-19(17)23(15-25)8-2-3-9-23/h4-7,12-13,24H,2-3,8-11,14-15H2,1H3. The van der Waals surface area contributed by atoms with Gasteiger partial charge in [-0.1, -0.05) is 12.8 Å². The van der Waals surface area contributed by atoms with Crippen molar-refractivity contribution in [2.45, 2.75) is 42.5 Å². The van der Waals surface area contributed by atoms with Crippen LogP contribution >= 0.6 is 0 Å². The molecular weight excluding hydrogens is 416 g/mol. The van der Waals surface area contributed by atoms with Gasteiger partial charge in [0, 0.05) is 24.1 Å². The van der Waals surface area contributed by atoms with Gasteiger partial charge in [-0.15, -0.1) is 0 Å². The number of carbonyl (C=O) groups is 1. The number of nitrogens with one attached hydrogen (secondary N) is 1. The Bertz CT molecular complexity index is 1120. The molecular formula is C23H26N2O5S. The summed E-state index contributed by atoms with van der Waals surface area (Å²) in [5.41, 5.74) is 2.83. The molecule has 3 aliphatic rings. The van der Waals surface area contributed by atoms with E-state index in [-0.39, 0.29) is 16.2 Å². The van der Waals surface area contributed by atoms with Crippen LogP contribution in [0.2, 0.25) is 0 Å². The predicted octanol–water partition coefficient (Wildman–Crippen LogP) is 2.83. The van der Waals surface area contributed by atoms with Crippen molar-refractivity contribution in [3.05, 3.63) is 53.1 Å². The van der Waals surface area contributed by atoms with E-state index in [2.05, 4.69) is 10.8 Å². The smallest absolute Gasteiger partial charge is 0.254 e. The van der Waals surface area contributed by atoms with Gasteiger partial charge in [-0.3, -0.25) is 4.79 Å². The molecule has 1 spiro atoms. The second-order valence-corrected chi connectivity index (χ2v) is 10.4. The molecule has 0 bridgehead atoms. The van der Waals surface area contributed by atoms with Gasteiger partial charge in [-0.05, 0) is 67.4 Å². The maximum Gasteiger partial charge on any atom is 0.254 e. The van der Waals surface area contributed by atoms with Crippen LogP contribution in [0.25, 0.3) is 0 Å². The highest BCUT2D eigenvalue weighted by atomic mass is 32.2. The first kappa shape index (κ1) is 20.3. The van der Waals surface area contributed by atoms with E-state index in [0.29, 0.717) is 31.9 Å². The van der Waals surface area contributed by atoms with E-state index in [1.54, 1.807) is 12.1 Å². The largest absolute Gasteiger partial charge is 0.486 e. The van der Waals surface area contributed by atoms with Crippen LogP contribution in [0.4, 0.5) is 0 Å². The van der Waals surface area contributed by atoms with Crippen LogP contribution in [0.3, 0.4) is 0 Å². The molecule has 1 fully saturated rings. The van der Waals surface area contributed by atoms with E-state index in [1.165, 1.54) is 24.7 Å². The van der Waals surface area contributed by atoms with Crippen LogP contribution in [0.15, 0.2) is 41.3 Å². The molecule has 2 aromatic carbocycles. The molecule has 0 atom stereocenters. The van der Waals surface area contributed by atoms with E-state index in [0.717, 1.165) is 42.7 Å². The van der Waals surface area contributed by atoms with Crippen LogP contribution in [-0.4, -0.2) is 46.0 Å². The topological polar surface area (TPSA) is 84.9 Å². The Kier molecular flexibility index (Phi) is 4.94. The maximum absolute atomic E-state index is 13.4. The number of hydrogen-bond acceptors (Lipinski definition) is 5. The quantitative estimate of drug-likeness (QED) is 0.790. The van der Waals surface area contributed by atoms with Gasteiger partial charge in [-0.25, -0.2) is 13.1 Å². The van der Waals surface area contributed by atoms with Gasteiger partial charge >= 0.3 is 0 Å². The lowest BCUT2D eigenvalue weighted by atomic mass is 9.73. The average molecular weight is 443 g/mol. The third kappa shape index (κ3) is 3.47. The molecule has 1 aliphatic carbocycles. The van der Waals surface area contributed by atoms with Crippen LogP contribution in [0.5, 0.6) is 11.5 Å². The Hall–Kier alpha value is -2.58. The minimum absolute atomic E-state index is 0.0610. The van der Waals surface area contributed by atoms with Crippen LogP contribution < -0.4 is 14.2 Å². The summed E-state index contributed by atoms with van der Waals surface area (Å²) in [7, 11) is -2.16. The summed E-state index contributed by atoms with van der Waals surface area (Å²) in [5.74, 6) is 1.46. The SMILES string of the molecule is CNS(=O)(=O)c1ccc(C(=O)N2Cc3cc4c(cc3C3(CCCC3)C2)OCCO4)cc1. The fourth-order valence-electron chi connectivity index (χ4n) is 5.17. The molecule has 2 aromatic rings. The van der Waals surface area contributed by atoms with E-state index >= 15 is 0 Å². The van der Waals surface area contributed by atoms with Gasteiger partial charge in [0.2, 0.25) is 10.0 Å². The van der Waals surface area contributed by atoms with Crippen molar-refractivity contribution in [1.82, 2.24) is 9.62 Å². The fraction of sp³-hybridized carbons (Fsp3) is 0.435. The number of benzene rings is 2. The lowest BCUT2D eigenvalue weighted by Gasteiger charge is -2.43. The number of hydrogen-bond donors (Lipinski definition) is 1. The summed E-state index contributed by atoms with van der Waals surface area (Å²) in [5, 5.41) is 0. The van der Waals surface area contributed by atoms with Crippen molar-refractivity contribution in [2.75, 3.05) is 26.8 Å². The summed E-state index contributed by atoms with van der Waals surface area (Å²) in [6.45, 7) is 2.25. The van der Waals surface area contributed by atoms with Crippen molar-refractivity contribution < 1.29 is 22.7 Å². The van der Waals surface area contributed by atoms with E-state index in [1.807, 2.05) is 11.0 Å². The van der Waals surface area contributed by atoms with Gasteiger partial charge < -0.3 is 14.4 Å². The zero-order valence-electron chi connectivity index (χ0n) is 17.5. The van der Waals surface area contributed by atoms with Gasteiger partial charge in [0.05, 0.1) is 4.90 Å². The number of amides is 1. The Morgan fingerprint density at radius 1 is 1.03 bits per heavy atom. The number of nitrogens with zero attached hydrogens (tertiary/aromatic N) is 1. The van der Waals surface area contributed by atoms with Crippen LogP contribution in [0, 0.1) is 0 Å². The van der Waals surface area contributed by atoms with E-state index in [9.17, 15) is 13.2 Å². The van der Waals surface area contributed by atoms with Crippen molar-refractivity contribution in [3.8, 4) is 11.5 Å². The summed E-state index contributed by atoms with van der Waals surface area (Å²) >= 11 is 0. The third-order valence-electron chi connectivity index (χ3n) is 6.72. The Morgan fingerprint density at radius 2 is 1.68 bits per heavy atom. The molecule has 7 nitrogen and oxygen atoms in total. The van der Waals surface area contributed by atoms with Crippen molar-refractivity contribution in [3.63, 3.8) is 0 Å². The zero-order chi connectivity index (χ0) is 21.6. The number of rotatable bonds is 3. The molecule has 0 unspecified atom stereocenters. The Labute approximate surface area is 182 Å². The summed E-state index contributed by atoms with van der Waals surface area (Å²) in [4.78, 5) is 15.4. The fourth-order valence-corrected chi connectivity index (χ4v) is 5.90.